The van der Waals surface area contributed by atoms with Crippen molar-refractivity contribution in [2.24, 2.45) is 0 Å². The molecule has 0 radical (unpaired) electrons. The van der Waals surface area contributed by atoms with E-state index in [1.807, 2.05) is 0 Å². The predicted octanol–water partition coefficient (Wildman–Crippen LogP) is 1.65. The first kappa shape index (κ1) is 12.5. The van der Waals surface area contributed by atoms with Crippen LogP contribution in [-0.4, -0.2) is 24.5 Å². The number of hydrogen-bond donors (Lipinski definition) is 0. The van der Waals surface area contributed by atoms with Crippen molar-refractivity contribution in [1.82, 2.24) is 0 Å². The minimum atomic E-state index is -0.623. The highest BCUT2D eigenvalue weighted by Crippen LogP contribution is 2.28. The van der Waals surface area contributed by atoms with Gasteiger partial charge in [-0.1, -0.05) is 0 Å². The summed E-state index contributed by atoms with van der Waals surface area (Å²) in [5, 5.41) is 0. The number of carbonyl (C=O) groups is 2. The fourth-order valence-electron chi connectivity index (χ4n) is 1.85. The third kappa shape index (κ3) is 2.85. The highest BCUT2D eigenvalue weighted by atomic mass is 19.1. The second-order valence-electron chi connectivity index (χ2n) is 4.14. The maximum Gasteiger partial charge on any atom is 0.303 e. The molecule has 96 valence electrons. The number of benzene rings is 1. The van der Waals surface area contributed by atoms with Crippen LogP contribution >= 0.6 is 0 Å². The van der Waals surface area contributed by atoms with Crippen molar-refractivity contribution in [3.8, 4) is 5.75 Å². The van der Waals surface area contributed by atoms with E-state index < -0.39 is 12.1 Å². The molecule has 1 aromatic carbocycles. The SMILES string of the molecule is CC(=O)OCC(=O)C1CCc2cc(F)ccc2O1. The summed E-state index contributed by atoms with van der Waals surface area (Å²) in [6, 6.07) is 4.20. The molecular weight excluding hydrogens is 239 g/mol. The van der Waals surface area contributed by atoms with E-state index in [-0.39, 0.29) is 18.2 Å². The van der Waals surface area contributed by atoms with Crippen molar-refractivity contribution in [3.63, 3.8) is 0 Å². The summed E-state index contributed by atoms with van der Waals surface area (Å²) in [4.78, 5) is 22.3. The monoisotopic (exact) mass is 252 g/mol. The van der Waals surface area contributed by atoms with Gasteiger partial charge in [0.2, 0.25) is 5.78 Å². The minimum absolute atomic E-state index is 0.278. The van der Waals surface area contributed by atoms with Gasteiger partial charge in [-0.2, -0.15) is 0 Å². The second kappa shape index (κ2) is 5.16. The number of hydrogen-bond acceptors (Lipinski definition) is 4. The molecule has 2 rings (SSSR count). The van der Waals surface area contributed by atoms with Gasteiger partial charge < -0.3 is 9.47 Å². The number of carbonyl (C=O) groups excluding carboxylic acids is 2. The molecule has 5 heteroatoms. The molecule has 0 amide bonds. The molecule has 18 heavy (non-hydrogen) atoms. The molecule has 0 aromatic heterocycles. The summed E-state index contributed by atoms with van der Waals surface area (Å²) in [5.41, 5.74) is 0.756. The Balaban J connectivity index is 2.01. The lowest BCUT2D eigenvalue weighted by molar-refractivity contribution is -0.148. The van der Waals surface area contributed by atoms with Crippen LogP contribution in [0.3, 0.4) is 0 Å². The van der Waals surface area contributed by atoms with E-state index in [2.05, 4.69) is 4.74 Å². The molecule has 0 bridgehead atoms. The van der Waals surface area contributed by atoms with Crippen molar-refractivity contribution in [3.05, 3.63) is 29.6 Å². The standard InChI is InChI=1S/C13H13FO4/c1-8(15)17-7-11(16)13-4-2-9-6-10(14)3-5-12(9)18-13/h3,5-6,13H,2,4,7H2,1H3. The molecule has 1 heterocycles. The lowest BCUT2D eigenvalue weighted by atomic mass is 10.00. The van der Waals surface area contributed by atoms with Gasteiger partial charge in [0.05, 0.1) is 0 Å². The molecule has 0 fully saturated rings. The zero-order valence-corrected chi connectivity index (χ0v) is 9.94. The minimum Gasteiger partial charge on any atom is -0.482 e. The smallest absolute Gasteiger partial charge is 0.303 e. The van der Waals surface area contributed by atoms with Crippen LogP contribution in [-0.2, 0) is 20.7 Å². The number of ether oxygens (including phenoxy) is 2. The van der Waals surface area contributed by atoms with Crippen molar-refractivity contribution < 1.29 is 23.5 Å². The van der Waals surface area contributed by atoms with Crippen LogP contribution in [0.25, 0.3) is 0 Å². The van der Waals surface area contributed by atoms with Gasteiger partial charge in [0.1, 0.15) is 11.6 Å². The topological polar surface area (TPSA) is 52.6 Å². The van der Waals surface area contributed by atoms with Crippen LogP contribution in [0.5, 0.6) is 5.75 Å². The van der Waals surface area contributed by atoms with E-state index in [0.29, 0.717) is 18.6 Å². The summed E-state index contributed by atoms with van der Waals surface area (Å²) in [7, 11) is 0. The zero-order valence-electron chi connectivity index (χ0n) is 9.94. The van der Waals surface area contributed by atoms with Crippen molar-refractivity contribution in [2.45, 2.75) is 25.9 Å². The van der Waals surface area contributed by atoms with E-state index in [0.717, 1.165) is 5.56 Å². The van der Waals surface area contributed by atoms with Gasteiger partial charge in [-0.05, 0) is 36.6 Å². The fraction of sp³-hybridized carbons (Fsp3) is 0.385. The Labute approximate surface area is 104 Å². The first-order chi connectivity index (χ1) is 8.56. The molecule has 1 atom stereocenters. The van der Waals surface area contributed by atoms with Crippen LogP contribution in [0.2, 0.25) is 0 Å². The number of Topliss-reactive ketones (excluding diaryl/α,β-unsaturated/α-hetero) is 1. The summed E-state index contributed by atoms with van der Waals surface area (Å²) < 4.78 is 23.1. The number of fused-ring (bicyclic) bond motifs is 1. The van der Waals surface area contributed by atoms with Crippen LogP contribution in [0.15, 0.2) is 18.2 Å². The second-order valence-corrected chi connectivity index (χ2v) is 4.14. The van der Waals surface area contributed by atoms with Crippen LogP contribution in [0.1, 0.15) is 18.9 Å². The Morgan fingerprint density at radius 2 is 2.28 bits per heavy atom. The van der Waals surface area contributed by atoms with Gasteiger partial charge in [-0.15, -0.1) is 0 Å². The summed E-state index contributed by atoms with van der Waals surface area (Å²) in [5.74, 6) is -0.576. The van der Waals surface area contributed by atoms with Gasteiger partial charge in [0.25, 0.3) is 0 Å². The van der Waals surface area contributed by atoms with Crippen LogP contribution in [0, 0.1) is 5.82 Å². The molecule has 1 aliphatic heterocycles. The molecule has 0 saturated carbocycles. The average Bonchev–Trinajstić information content (AvgIpc) is 2.35. The lowest BCUT2D eigenvalue weighted by Gasteiger charge is -2.24. The number of rotatable bonds is 3. The van der Waals surface area contributed by atoms with Crippen LogP contribution in [0.4, 0.5) is 4.39 Å². The Morgan fingerprint density at radius 3 is 3.00 bits per heavy atom. The van der Waals surface area contributed by atoms with E-state index in [1.54, 1.807) is 0 Å². The first-order valence-electron chi connectivity index (χ1n) is 5.67. The van der Waals surface area contributed by atoms with Crippen molar-refractivity contribution in [2.75, 3.05) is 6.61 Å². The normalized spacial score (nSPS) is 17.6. The molecular formula is C13H13FO4. The molecule has 0 N–H and O–H groups in total. The third-order valence-electron chi connectivity index (χ3n) is 2.74. The number of aryl methyl sites for hydroxylation is 1. The summed E-state index contributed by atoms with van der Waals surface area (Å²) >= 11 is 0. The molecule has 0 saturated heterocycles. The molecule has 4 nitrogen and oxygen atoms in total. The summed E-state index contributed by atoms with van der Waals surface area (Å²) in [6.07, 6.45) is 0.419. The Kier molecular flexibility index (Phi) is 3.60. The molecule has 0 aliphatic carbocycles. The number of esters is 1. The summed E-state index contributed by atoms with van der Waals surface area (Å²) in [6.45, 7) is 0.962. The molecule has 0 spiro atoms. The maximum absolute atomic E-state index is 13.0. The van der Waals surface area contributed by atoms with Gasteiger partial charge in [0.15, 0.2) is 12.7 Å². The van der Waals surface area contributed by atoms with E-state index in [1.165, 1.54) is 25.1 Å². The predicted molar refractivity (Wildman–Crippen MR) is 60.8 cm³/mol. The number of ketones is 1. The van der Waals surface area contributed by atoms with E-state index in [9.17, 15) is 14.0 Å². The van der Waals surface area contributed by atoms with E-state index in [4.69, 9.17) is 4.74 Å². The Hall–Kier alpha value is -1.91. The quantitative estimate of drug-likeness (QED) is 0.767. The molecule has 1 aromatic rings. The largest absolute Gasteiger partial charge is 0.482 e. The fourth-order valence-corrected chi connectivity index (χ4v) is 1.85. The highest BCUT2D eigenvalue weighted by molar-refractivity contribution is 5.86. The number of halogens is 1. The molecule has 1 aliphatic rings. The first-order valence-corrected chi connectivity index (χ1v) is 5.67. The Bertz CT molecular complexity index is 484. The van der Waals surface area contributed by atoms with Gasteiger partial charge >= 0.3 is 5.97 Å². The Morgan fingerprint density at radius 1 is 1.50 bits per heavy atom. The van der Waals surface area contributed by atoms with Crippen molar-refractivity contribution >= 4 is 11.8 Å². The molecule has 1 unspecified atom stereocenters. The maximum atomic E-state index is 13.0. The average molecular weight is 252 g/mol. The highest BCUT2D eigenvalue weighted by Gasteiger charge is 2.26. The third-order valence-corrected chi connectivity index (χ3v) is 2.74. The van der Waals surface area contributed by atoms with Crippen LogP contribution < -0.4 is 4.74 Å². The van der Waals surface area contributed by atoms with Gasteiger partial charge in [0, 0.05) is 6.92 Å². The van der Waals surface area contributed by atoms with E-state index >= 15 is 0 Å². The zero-order chi connectivity index (χ0) is 13.1. The van der Waals surface area contributed by atoms with Gasteiger partial charge in [-0.3, -0.25) is 9.59 Å². The van der Waals surface area contributed by atoms with Crippen molar-refractivity contribution in [1.29, 1.82) is 0 Å². The van der Waals surface area contributed by atoms with Gasteiger partial charge in [-0.25, -0.2) is 4.39 Å². The lowest BCUT2D eigenvalue weighted by Crippen LogP contribution is -2.34.